The van der Waals surface area contributed by atoms with Crippen LogP contribution in [0.3, 0.4) is 0 Å². The Morgan fingerprint density at radius 3 is 2.40 bits per heavy atom. The Morgan fingerprint density at radius 2 is 2.20 bits per heavy atom. The fourth-order valence-electron chi connectivity index (χ4n) is 0.978. The van der Waals surface area contributed by atoms with Crippen LogP contribution in [-0.2, 0) is 4.79 Å². The van der Waals surface area contributed by atoms with Crippen LogP contribution in [0.1, 0.15) is 20.3 Å². The molecule has 1 heterocycles. The van der Waals surface area contributed by atoms with E-state index in [9.17, 15) is 4.79 Å². The fraction of sp³-hybridized carbons (Fsp3) is 0.714. The van der Waals surface area contributed by atoms with E-state index in [1.54, 1.807) is 7.05 Å². The molecular weight excluding hydrogens is 128 g/mol. The second-order valence-corrected chi connectivity index (χ2v) is 3.19. The van der Waals surface area contributed by atoms with Crippen molar-refractivity contribution in [2.45, 2.75) is 20.3 Å². The van der Waals surface area contributed by atoms with Gasteiger partial charge in [0.1, 0.15) is 5.84 Å². The molecule has 0 aromatic heterocycles. The molecule has 0 saturated carbocycles. The average Bonchev–Trinajstić information content (AvgIpc) is 2.08. The Hall–Kier alpha value is -0.860. The van der Waals surface area contributed by atoms with Crippen LogP contribution in [0.15, 0.2) is 4.99 Å². The second kappa shape index (κ2) is 2.08. The van der Waals surface area contributed by atoms with Crippen molar-refractivity contribution in [3.63, 3.8) is 0 Å². The molecule has 0 spiro atoms. The summed E-state index contributed by atoms with van der Waals surface area (Å²) in [5.41, 5.74) is -0.255. The lowest BCUT2D eigenvalue weighted by atomic mass is 9.92. The molecule has 1 aliphatic heterocycles. The number of hydrogen-bond donors (Lipinski definition) is 1. The zero-order valence-electron chi connectivity index (χ0n) is 6.56. The highest BCUT2D eigenvalue weighted by atomic mass is 16.2. The highest BCUT2D eigenvalue weighted by Crippen LogP contribution is 2.25. The van der Waals surface area contributed by atoms with Crippen LogP contribution in [0.4, 0.5) is 0 Å². The number of amides is 1. The Balaban J connectivity index is 2.81. The van der Waals surface area contributed by atoms with Gasteiger partial charge in [0.25, 0.3) is 0 Å². The summed E-state index contributed by atoms with van der Waals surface area (Å²) in [6.45, 7) is 3.83. The lowest BCUT2D eigenvalue weighted by molar-refractivity contribution is -0.125. The molecule has 0 aliphatic carbocycles. The number of amidine groups is 1. The van der Waals surface area contributed by atoms with Crippen molar-refractivity contribution in [1.29, 1.82) is 0 Å². The first kappa shape index (κ1) is 7.25. The van der Waals surface area contributed by atoms with Crippen molar-refractivity contribution in [2.75, 3.05) is 7.05 Å². The molecule has 0 bridgehead atoms. The van der Waals surface area contributed by atoms with Crippen molar-refractivity contribution < 1.29 is 4.79 Å². The predicted octanol–water partition coefficient (Wildman–Crippen LogP) is 0.561. The molecule has 1 saturated heterocycles. The number of rotatable bonds is 0. The molecule has 10 heavy (non-hydrogen) atoms. The van der Waals surface area contributed by atoms with Gasteiger partial charge in [-0.15, -0.1) is 0 Å². The third-order valence-electron chi connectivity index (χ3n) is 1.75. The molecule has 1 aliphatic rings. The number of aliphatic imine (C=N–C) groups is 1. The Labute approximate surface area is 60.5 Å². The van der Waals surface area contributed by atoms with E-state index in [0.717, 1.165) is 12.3 Å². The molecule has 56 valence electrons. The van der Waals surface area contributed by atoms with Gasteiger partial charge in [-0.05, 0) is 0 Å². The van der Waals surface area contributed by atoms with E-state index in [1.807, 2.05) is 13.8 Å². The van der Waals surface area contributed by atoms with Gasteiger partial charge in [-0.1, -0.05) is 13.8 Å². The second-order valence-electron chi connectivity index (χ2n) is 3.19. The van der Waals surface area contributed by atoms with E-state index in [4.69, 9.17) is 0 Å². The maximum absolute atomic E-state index is 11.1. The van der Waals surface area contributed by atoms with Gasteiger partial charge in [0.2, 0.25) is 5.91 Å². The molecule has 1 fully saturated rings. The monoisotopic (exact) mass is 140 g/mol. The Kier molecular flexibility index (Phi) is 1.50. The molecule has 1 N–H and O–H groups in total. The van der Waals surface area contributed by atoms with Gasteiger partial charge < -0.3 is 5.32 Å². The summed E-state index contributed by atoms with van der Waals surface area (Å²) in [5.74, 6) is 0.878. The molecular formula is C7H12N2O. The third-order valence-corrected chi connectivity index (χ3v) is 1.75. The minimum absolute atomic E-state index is 0.0769. The molecule has 0 radical (unpaired) electrons. The first-order chi connectivity index (χ1) is 4.56. The van der Waals surface area contributed by atoms with Gasteiger partial charge in [-0.25, -0.2) is 0 Å². The third kappa shape index (κ3) is 1.03. The van der Waals surface area contributed by atoms with Gasteiger partial charge in [0, 0.05) is 13.5 Å². The summed E-state index contributed by atoms with van der Waals surface area (Å²) in [6, 6.07) is 0. The topological polar surface area (TPSA) is 41.5 Å². The average molecular weight is 140 g/mol. The molecule has 0 atom stereocenters. The fourth-order valence-corrected chi connectivity index (χ4v) is 0.978. The van der Waals surface area contributed by atoms with Gasteiger partial charge >= 0.3 is 0 Å². The summed E-state index contributed by atoms with van der Waals surface area (Å²) < 4.78 is 0. The van der Waals surface area contributed by atoms with Gasteiger partial charge in [-0.3, -0.25) is 9.79 Å². The van der Waals surface area contributed by atoms with Crippen LogP contribution in [0.2, 0.25) is 0 Å². The Bertz CT molecular complexity index is 194. The number of carbonyl (C=O) groups excluding carboxylic acids is 1. The van der Waals surface area contributed by atoms with Crippen LogP contribution < -0.4 is 5.32 Å². The van der Waals surface area contributed by atoms with Crippen molar-refractivity contribution in [3.05, 3.63) is 0 Å². The van der Waals surface area contributed by atoms with Crippen molar-refractivity contribution in [1.82, 2.24) is 5.32 Å². The quantitative estimate of drug-likeness (QED) is 0.525. The highest BCUT2D eigenvalue weighted by Gasteiger charge is 2.36. The van der Waals surface area contributed by atoms with Crippen LogP contribution in [-0.4, -0.2) is 18.8 Å². The molecule has 0 aromatic carbocycles. The van der Waals surface area contributed by atoms with Crippen molar-refractivity contribution in [2.24, 2.45) is 10.4 Å². The molecule has 1 amide bonds. The van der Waals surface area contributed by atoms with Crippen LogP contribution >= 0.6 is 0 Å². The van der Waals surface area contributed by atoms with Gasteiger partial charge in [0.15, 0.2) is 0 Å². The normalized spacial score (nSPS) is 27.1. The summed E-state index contributed by atoms with van der Waals surface area (Å²) in [5, 5.41) is 2.70. The van der Waals surface area contributed by atoms with Crippen molar-refractivity contribution >= 4 is 11.7 Å². The van der Waals surface area contributed by atoms with E-state index in [2.05, 4.69) is 10.3 Å². The van der Waals surface area contributed by atoms with Gasteiger partial charge in [-0.2, -0.15) is 0 Å². The molecule has 1 rings (SSSR count). The minimum Gasteiger partial charge on any atom is -0.314 e. The van der Waals surface area contributed by atoms with Crippen LogP contribution in [0, 0.1) is 5.41 Å². The standard InChI is InChI=1S/C7H12N2O/c1-7(2)4-5(8-3)9-6(7)10/h4H2,1-3H3,(H,8,9,10). The Morgan fingerprint density at radius 1 is 1.60 bits per heavy atom. The van der Waals surface area contributed by atoms with E-state index in [0.29, 0.717) is 0 Å². The highest BCUT2D eigenvalue weighted by molar-refractivity contribution is 6.07. The summed E-state index contributed by atoms with van der Waals surface area (Å²) >= 11 is 0. The lowest BCUT2D eigenvalue weighted by Crippen LogP contribution is -2.26. The van der Waals surface area contributed by atoms with Crippen LogP contribution in [0.5, 0.6) is 0 Å². The van der Waals surface area contributed by atoms with E-state index in [-0.39, 0.29) is 11.3 Å². The molecule has 3 heteroatoms. The zero-order chi connectivity index (χ0) is 7.78. The number of hydrogen-bond acceptors (Lipinski definition) is 2. The van der Waals surface area contributed by atoms with E-state index in [1.165, 1.54) is 0 Å². The van der Waals surface area contributed by atoms with E-state index < -0.39 is 0 Å². The largest absolute Gasteiger partial charge is 0.314 e. The lowest BCUT2D eigenvalue weighted by Gasteiger charge is -2.09. The van der Waals surface area contributed by atoms with E-state index >= 15 is 0 Å². The molecule has 0 unspecified atom stereocenters. The summed E-state index contributed by atoms with van der Waals surface area (Å²) in [7, 11) is 1.69. The number of nitrogens with zero attached hydrogens (tertiary/aromatic N) is 1. The molecule has 3 nitrogen and oxygen atoms in total. The summed E-state index contributed by atoms with van der Waals surface area (Å²) in [6.07, 6.45) is 0.738. The van der Waals surface area contributed by atoms with Crippen molar-refractivity contribution in [3.8, 4) is 0 Å². The predicted molar refractivity (Wildman–Crippen MR) is 39.9 cm³/mol. The smallest absolute Gasteiger partial charge is 0.231 e. The summed E-state index contributed by atoms with van der Waals surface area (Å²) in [4.78, 5) is 15.0. The number of nitrogens with one attached hydrogen (secondary N) is 1. The number of carbonyl (C=O) groups is 1. The first-order valence-electron chi connectivity index (χ1n) is 3.33. The first-order valence-corrected chi connectivity index (χ1v) is 3.33. The minimum atomic E-state index is -0.255. The SMILES string of the molecule is CN=C1CC(C)(C)C(=O)N1. The zero-order valence-corrected chi connectivity index (χ0v) is 6.56. The van der Waals surface area contributed by atoms with Crippen LogP contribution in [0.25, 0.3) is 0 Å². The maximum Gasteiger partial charge on any atom is 0.231 e. The maximum atomic E-state index is 11.1. The molecule has 0 aromatic rings. The van der Waals surface area contributed by atoms with Gasteiger partial charge in [0.05, 0.1) is 5.41 Å².